The molecule has 0 unspecified atom stereocenters. The summed E-state index contributed by atoms with van der Waals surface area (Å²) in [7, 11) is 5.91. The SMILES string of the molecule is CCn1cc(-c2cc(-c3cnn(C)c3)cc([C@@H](C)NC(=O)c3cc(OCCN(C)C)ccc3C)c2)cn1. The van der Waals surface area contributed by atoms with Crippen LogP contribution < -0.4 is 10.1 Å². The number of benzene rings is 2. The number of carbonyl (C=O) groups excluding carboxylic acids is 1. The summed E-state index contributed by atoms with van der Waals surface area (Å²) in [6, 6.07) is 11.8. The zero-order valence-electron chi connectivity index (χ0n) is 22.5. The molecule has 1 N–H and O–H groups in total. The van der Waals surface area contributed by atoms with Gasteiger partial charge in [-0.15, -0.1) is 0 Å². The highest BCUT2D eigenvalue weighted by Gasteiger charge is 2.17. The Morgan fingerprint density at radius 1 is 1.03 bits per heavy atom. The molecule has 0 radical (unpaired) electrons. The molecular formula is C29H36N6O2. The van der Waals surface area contributed by atoms with Gasteiger partial charge in [0.25, 0.3) is 5.91 Å². The van der Waals surface area contributed by atoms with Crippen molar-refractivity contribution in [2.45, 2.75) is 33.4 Å². The van der Waals surface area contributed by atoms with Crippen LogP contribution in [0.15, 0.2) is 61.2 Å². The van der Waals surface area contributed by atoms with Crippen LogP contribution in [0, 0.1) is 6.92 Å². The summed E-state index contributed by atoms with van der Waals surface area (Å²) in [5, 5.41) is 12.0. The molecule has 4 rings (SSSR count). The third-order valence-corrected chi connectivity index (χ3v) is 6.39. The van der Waals surface area contributed by atoms with Gasteiger partial charge in [0.05, 0.1) is 18.4 Å². The maximum Gasteiger partial charge on any atom is 0.252 e. The molecule has 0 aliphatic rings. The Hall–Kier alpha value is -3.91. The van der Waals surface area contributed by atoms with Gasteiger partial charge >= 0.3 is 0 Å². The van der Waals surface area contributed by atoms with E-state index in [4.69, 9.17) is 4.74 Å². The van der Waals surface area contributed by atoms with Gasteiger partial charge in [0.15, 0.2) is 0 Å². The lowest BCUT2D eigenvalue weighted by molar-refractivity contribution is 0.0938. The number of amides is 1. The third kappa shape index (κ3) is 6.46. The van der Waals surface area contributed by atoms with Crippen LogP contribution >= 0.6 is 0 Å². The molecule has 0 aliphatic heterocycles. The minimum atomic E-state index is -0.221. The van der Waals surface area contributed by atoms with E-state index in [0.29, 0.717) is 17.9 Å². The van der Waals surface area contributed by atoms with Crippen LogP contribution in [0.25, 0.3) is 22.3 Å². The molecule has 8 nitrogen and oxygen atoms in total. The Labute approximate surface area is 218 Å². The fraction of sp³-hybridized carbons (Fsp3) is 0.345. The normalized spacial score (nSPS) is 12.1. The van der Waals surface area contributed by atoms with E-state index in [1.165, 1.54) is 0 Å². The molecule has 0 bridgehead atoms. The summed E-state index contributed by atoms with van der Waals surface area (Å²) < 4.78 is 9.56. The lowest BCUT2D eigenvalue weighted by Crippen LogP contribution is -2.27. The predicted molar refractivity (Wildman–Crippen MR) is 147 cm³/mol. The number of ether oxygens (including phenoxy) is 1. The monoisotopic (exact) mass is 500 g/mol. The van der Waals surface area contributed by atoms with Gasteiger partial charge in [-0.25, -0.2) is 0 Å². The van der Waals surface area contributed by atoms with E-state index in [-0.39, 0.29) is 11.9 Å². The largest absolute Gasteiger partial charge is 0.492 e. The zero-order chi connectivity index (χ0) is 26.5. The van der Waals surface area contributed by atoms with Crippen LogP contribution in [0.4, 0.5) is 0 Å². The summed E-state index contributed by atoms with van der Waals surface area (Å²) >= 11 is 0. The van der Waals surface area contributed by atoms with Gasteiger partial charge in [-0.05, 0) is 87.5 Å². The topological polar surface area (TPSA) is 77.2 Å². The molecule has 0 saturated carbocycles. The van der Waals surface area contributed by atoms with E-state index >= 15 is 0 Å². The Bertz CT molecular complexity index is 1370. The first-order valence-corrected chi connectivity index (χ1v) is 12.6. The highest BCUT2D eigenvalue weighted by atomic mass is 16.5. The van der Waals surface area contributed by atoms with E-state index in [9.17, 15) is 4.79 Å². The molecule has 194 valence electrons. The van der Waals surface area contributed by atoms with Crippen molar-refractivity contribution in [2.24, 2.45) is 7.05 Å². The van der Waals surface area contributed by atoms with E-state index in [1.807, 2.05) is 82.7 Å². The van der Waals surface area contributed by atoms with Gasteiger partial charge in [0.2, 0.25) is 0 Å². The number of nitrogens with one attached hydrogen (secondary N) is 1. The van der Waals surface area contributed by atoms with Crippen LogP contribution in [-0.4, -0.2) is 57.6 Å². The summed E-state index contributed by atoms with van der Waals surface area (Å²) in [5.74, 6) is 0.564. The molecule has 1 amide bonds. The molecule has 2 heterocycles. The van der Waals surface area contributed by atoms with Crippen molar-refractivity contribution in [3.8, 4) is 28.0 Å². The third-order valence-electron chi connectivity index (χ3n) is 6.39. The Balaban J connectivity index is 1.60. The van der Waals surface area contributed by atoms with Gasteiger partial charge in [0, 0.05) is 49.2 Å². The quantitative estimate of drug-likeness (QED) is 0.341. The maximum atomic E-state index is 13.3. The fourth-order valence-corrected chi connectivity index (χ4v) is 4.13. The van der Waals surface area contributed by atoms with Crippen LogP contribution in [0.1, 0.15) is 41.4 Å². The van der Waals surface area contributed by atoms with Crippen molar-refractivity contribution in [2.75, 3.05) is 27.2 Å². The van der Waals surface area contributed by atoms with Gasteiger partial charge in [-0.1, -0.05) is 6.07 Å². The smallest absolute Gasteiger partial charge is 0.252 e. The van der Waals surface area contributed by atoms with Crippen molar-refractivity contribution < 1.29 is 9.53 Å². The average molecular weight is 501 g/mol. The molecule has 8 heteroatoms. The Kier molecular flexibility index (Phi) is 8.08. The van der Waals surface area contributed by atoms with Gasteiger partial charge in [-0.2, -0.15) is 10.2 Å². The standard InChI is InChI=1S/C29H36N6O2/c1-7-35-19-26(17-31-35)24-13-22(12-23(14-24)25-16-30-34(6)18-25)21(3)32-29(36)28-15-27(9-8-20(28)2)37-11-10-33(4)5/h8-9,12-19,21H,7,10-11H2,1-6H3,(H,32,36)/t21-/m1/s1. The molecule has 37 heavy (non-hydrogen) atoms. The Morgan fingerprint density at radius 3 is 2.35 bits per heavy atom. The first-order valence-electron chi connectivity index (χ1n) is 12.6. The van der Waals surface area contributed by atoms with Gasteiger partial charge < -0.3 is 15.0 Å². The summed E-state index contributed by atoms with van der Waals surface area (Å²) in [6.45, 7) is 8.18. The van der Waals surface area contributed by atoms with Crippen LogP contribution in [0.3, 0.4) is 0 Å². The first-order chi connectivity index (χ1) is 17.7. The highest BCUT2D eigenvalue weighted by molar-refractivity contribution is 5.96. The minimum Gasteiger partial charge on any atom is -0.492 e. The average Bonchev–Trinajstić information content (AvgIpc) is 3.53. The minimum absolute atomic E-state index is 0.129. The zero-order valence-corrected chi connectivity index (χ0v) is 22.5. The molecular weight excluding hydrogens is 464 g/mol. The lowest BCUT2D eigenvalue weighted by Gasteiger charge is -2.18. The number of rotatable bonds is 10. The van der Waals surface area contributed by atoms with Crippen molar-refractivity contribution >= 4 is 5.91 Å². The fourth-order valence-electron chi connectivity index (χ4n) is 4.13. The second kappa shape index (κ2) is 11.4. The lowest BCUT2D eigenvalue weighted by atomic mass is 9.96. The van der Waals surface area contributed by atoms with Crippen LogP contribution in [-0.2, 0) is 13.6 Å². The summed E-state index contributed by atoms with van der Waals surface area (Å²) in [5.41, 5.74) is 6.66. The molecule has 0 aliphatic carbocycles. The predicted octanol–water partition coefficient (Wildman–Crippen LogP) is 4.71. The van der Waals surface area contributed by atoms with Crippen molar-refractivity contribution in [1.29, 1.82) is 0 Å². The van der Waals surface area contributed by atoms with E-state index < -0.39 is 0 Å². The van der Waals surface area contributed by atoms with Crippen LogP contribution in [0.2, 0.25) is 0 Å². The van der Waals surface area contributed by atoms with Gasteiger partial charge in [-0.3, -0.25) is 14.2 Å². The molecule has 4 aromatic rings. The Morgan fingerprint density at radius 2 is 1.73 bits per heavy atom. The number of carbonyl (C=O) groups is 1. The maximum absolute atomic E-state index is 13.3. The van der Waals surface area contributed by atoms with Crippen molar-refractivity contribution in [3.63, 3.8) is 0 Å². The number of aryl methyl sites for hydroxylation is 3. The second-order valence-corrected chi connectivity index (χ2v) is 9.65. The highest BCUT2D eigenvalue weighted by Crippen LogP contribution is 2.31. The number of hydrogen-bond acceptors (Lipinski definition) is 5. The molecule has 0 saturated heterocycles. The van der Waals surface area contributed by atoms with Crippen molar-refractivity contribution in [1.82, 2.24) is 29.8 Å². The molecule has 0 spiro atoms. The number of likely N-dealkylation sites (N-methyl/N-ethyl adjacent to an activating group) is 1. The molecule has 2 aromatic carbocycles. The molecule has 0 fully saturated rings. The molecule has 2 aromatic heterocycles. The first kappa shape index (κ1) is 26.2. The van der Waals surface area contributed by atoms with Crippen LogP contribution in [0.5, 0.6) is 5.75 Å². The number of nitrogens with zero attached hydrogens (tertiary/aromatic N) is 5. The molecule has 1 atom stereocenters. The van der Waals surface area contributed by atoms with E-state index in [0.717, 1.165) is 46.5 Å². The number of aromatic nitrogens is 4. The van der Waals surface area contributed by atoms with E-state index in [1.54, 1.807) is 4.68 Å². The number of hydrogen-bond donors (Lipinski definition) is 1. The van der Waals surface area contributed by atoms with E-state index in [2.05, 4.69) is 45.5 Å². The second-order valence-electron chi connectivity index (χ2n) is 9.65. The summed E-state index contributed by atoms with van der Waals surface area (Å²) in [4.78, 5) is 15.4. The van der Waals surface area contributed by atoms with Crippen molar-refractivity contribution in [3.05, 3.63) is 77.9 Å². The summed E-state index contributed by atoms with van der Waals surface area (Å²) in [6.07, 6.45) is 7.77. The van der Waals surface area contributed by atoms with Gasteiger partial charge in [0.1, 0.15) is 12.4 Å².